The summed E-state index contributed by atoms with van der Waals surface area (Å²) in [5, 5.41) is 3.76. The SMILES string of the molecule is CCCCCCCC(NCC)C1CCc2ccccc21. The number of aryl methyl sites for hydroxylation is 1. The summed E-state index contributed by atoms with van der Waals surface area (Å²) in [5.74, 6) is 0.748. The molecule has 0 fully saturated rings. The first-order valence-corrected chi connectivity index (χ1v) is 8.68. The highest BCUT2D eigenvalue weighted by Crippen LogP contribution is 2.36. The van der Waals surface area contributed by atoms with Gasteiger partial charge in [0.15, 0.2) is 0 Å². The third kappa shape index (κ3) is 4.09. The smallest absolute Gasteiger partial charge is 0.0136 e. The lowest BCUT2D eigenvalue weighted by Gasteiger charge is -2.25. The summed E-state index contributed by atoms with van der Waals surface area (Å²) in [7, 11) is 0. The molecule has 0 aromatic heterocycles. The average molecular weight is 273 g/mol. The van der Waals surface area contributed by atoms with E-state index >= 15 is 0 Å². The van der Waals surface area contributed by atoms with Crippen LogP contribution in [0.5, 0.6) is 0 Å². The van der Waals surface area contributed by atoms with Gasteiger partial charge in [-0.15, -0.1) is 0 Å². The Morgan fingerprint density at radius 3 is 2.70 bits per heavy atom. The summed E-state index contributed by atoms with van der Waals surface area (Å²) in [6, 6.07) is 9.76. The number of rotatable bonds is 9. The molecule has 0 heterocycles. The molecule has 1 nitrogen and oxygen atoms in total. The van der Waals surface area contributed by atoms with Gasteiger partial charge in [-0.05, 0) is 42.9 Å². The molecule has 0 amide bonds. The van der Waals surface area contributed by atoms with E-state index in [4.69, 9.17) is 0 Å². The summed E-state index contributed by atoms with van der Waals surface area (Å²) < 4.78 is 0. The molecule has 1 aliphatic carbocycles. The molecule has 1 heteroatoms. The van der Waals surface area contributed by atoms with Crippen LogP contribution >= 0.6 is 0 Å². The second kappa shape index (κ2) is 8.46. The van der Waals surface area contributed by atoms with E-state index in [0.717, 1.165) is 12.5 Å². The molecule has 0 radical (unpaired) electrons. The van der Waals surface area contributed by atoms with Crippen LogP contribution in [0.15, 0.2) is 24.3 Å². The van der Waals surface area contributed by atoms with Crippen LogP contribution in [0, 0.1) is 0 Å². The average Bonchev–Trinajstić information content (AvgIpc) is 2.90. The molecule has 0 saturated carbocycles. The quantitative estimate of drug-likeness (QED) is 0.620. The molecule has 1 aromatic carbocycles. The normalized spacial score (nSPS) is 19.0. The largest absolute Gasteiger partial charge is 0.314 e. The number of fused-ring (bicyclic) bond motifs is 1. The third-order valence-electron chi connectivity index (χ3n) is 4.75. The van der Waals surface area contributed by atoms with Crippen LogP contribution in [0.4, 0.5) is 0 Å². The van der Waals surface area contributed by atoms with E-state index in [1.54, 1.807) is 11.1 Å². The summed E-state index contributed by atoms with van der Waals surface area (Å²) in [6.45, 7) is 5.63. The van der Waals surface area contributed by atoms with Crippen LogP contribution in [-0.2, 0) is 6.42 Å². The van der Waals surface area contributed by atoms with Gasteiger partial charge in [0.1, 0.15) is 0 Å². The van der Waals surface area contributed by atoms with Crippen molar-refractivity contribution in [3.8, 4) is 0 Å². The third-order valence-corrected chi connectivity index (χ3v) is 4.75. The first-order valence-electron chi connectivity index (χ1n) is 8.68. The Balaban J connectivity index is 1.89. The van der Waals surface area contributed by atoms with Crippen molar-refractivity contribution in [1.29, 1.82) is 0 Å². The van der Waals surface area contributed by atoms with E-state index in [-0.39, 0.29) is 0 Å². The van der Waals surface area contributed by atoms with Crippen molar-refractivity contribution in [2.45, 2.75) is 77.2 Å². The molecule has 20 heavy (non-hydrogen) atoms. The van der Waals surface area contributed by atoms with E-state index in [0.29, 0.717) is 6.04 Å². The number of benzene rings is 1. The van der Waals surface area contributed by atoms with E-state index in [1.807, 2.05) is 0 Å². The number of nitrogens with one attached hydrogen (secondary N) is 1. The minimum atomic E-state index is 0.685. The van der Waals surface area contributed by atoms with Gasteiger partial charge in [-0.1, -0.05) is 70.2 Å². The van der Waals surface area contributed by atoms with Crippen molar-refractivity contribution in [2.75, 3.05) is 6.54 Å². The lowest BCUT2D eigenvalue weighted by Crippen LogP contribution is -2.34. The van der Waals surface area contributed by atoms with Crippen molar-refractivity contribution in [2.24, 2.45) is 0 Å². The Hall–Kier alpha value is -0.820. The van der Waals surface area contributed by atoms with Gasteiger partial charge in [0.2, 0.25) is 0 Å². The van der Waals surface area contributed by atoms with Crippen LogP contribution in [-0.4, -0.2) is 12.6 Å². The second-order valence-corrected chi connectivity index (χ2v) is 6.21. The predicted molar refractivity (Wildman–Crippen MR) is 88.3 cm³/mol. The highest BCUT2D eigenvalue weighted by Gasteiger charge is 2.28. The standard InChI is InChI=1S/C19H31N/c1-3-5-6-7-8-13-19(20-4-2)18-15-14-16-11-9-10-12-17(16)18/h9-12,18-20H,3-8,13-15H2,1-2H3. The lowest BCUT2D eigenvalue weighted by molar-refractivity contribution is 0.396. The van der Waals surface area contributed by atoms with Crippen molar-refractivity contribution >= 4 is 0 Å². The fourth-order valence-corrected chi connectivity index (χ4v) is 3.68. The van der Waals surface area contributed by atoms with Gasteiger partial charge in [-0.3, -0.25) is 0 Å². The van der Waals surface area contributed by atoms with Gasteiger partial charge in [-0.2, -0.15) is 0 Å². The molecule has 0 bridgehead atoms. The summed E-state index contributed by atoms with van der Waals surface area (Å²) in [6.07, 6.45) is 10.9. The van der Waals surface area contributed by atoms with Gasteiger partial charge in [0, 0.05) is 6.04 Å². The molecule has 112 valence electrons. The van der Waals surface area contributed by atoms with Crippen LogP contribution in [0.1, 0.15) is 75.8 Å². The van der Waals surface area contributed by atoms with Crippen LogP contribution in [0.2, 0.25) is 0 Å². The summed E-state index contributed by atoms with van der Waals surface area (Å²) in [5.41, 5.74) is 3.21. The molecule has 0 saturated heterocycles. The molecular weight excluding hydrogens is 242 g/mol. The number of likely N-dealkylation sites (N-methyl/N-ethyl adjacent to an activating group) is 1. The van der Waals surface area contributed by atoms with Gasteiger partial charge in [0.25, 0.3) is 0 Å². The van der Waals surface area contributed by atoms with Crippen molar-refractivity contribution in [3.05, 3.63) is 35.4 Å². The maximum Gasteiger partial charge on any atom is 0.0136 e. The summed E-state index contributed by atoms with van der Waals surface area (Å²) in [4.78, 5) is 0. The fraction of sp³-hybridized carbons (Fsp3) is 0.684. The monoisotopic (exact) mass is 273 g/mol. The zero-order chi connectivity index (χ0) is 14.2. The highest BCUT2D eigenvalue weighted by molar-refractivity contribution is 5.36. The molecular formula is C19H31N. The molecule has 0 spiro atoms. The Kier molecular flexibility index (Phi) is 6.59. The minimum Gasteiger partial charge on any atom is -0.314 e. The predicted octanol–water partition coefficient (Wildman–Crippen LogP) is 5.06. The Morgan fingerprint density at radius 2 is 1.90 bits per heavy atom. The van der Waals surface area contributed by atoms with Gasteiger partial charge in [-0.25, -0.2) is 0 Å². The zero-order valence-electron chi connectivity index (χ0n) is 13.3. The maximum absolute atomic E-state index is 3.76. The first kappa shape index (κ1) is 15.6. The summed E-state index contributed by atoms with van der Waals surface area (Å²) >= 11 is 0. The van der Waals surface area contributed by atoms with E-state index in [1.165, 1.54) is 51.4 Å². The molecule has 1 aliphatic rings. The lowest BCUT2D eigenvalue weighted by atomic mass is 9.89. The fourth-order valence-electron chi connectivity index (χ4n) is 3.68. The van der Waals surface area contributed by atoms with E-state index in [9.17, 15) is 0 Å². The van der Waals surface area contributed by atoms with Crippen LogP contribution in [0.25, 0.3) is 0 Å². The van der Waals surface area contributed by atoms with Crippen molar-refractivity contribution < 1.29 is 0 Å². The number of unbranched alkanes of at least 4 members (excludes halogenated alkanes) is 4. The van der Waals surface area contributed by atoms with Gasteiger partial charge < -0.3 is 5.32 Å². The Labute approximate surface area is 125 Å². The molecule has 2 atom stereocenters. The molecule has 0 aliphatic heterocycles. The van der Waals surface area contributed by atoms with Gasteiger partial charge in [0.05, 0.1) is 0 Å². The topological polar surface area (TPSA) is 12.0 Å². The zero-order valence-corrected chi connectivity index (χ0v) is 13.3. The number of hydrogen-bond donors (Lipinski definition) is 1. The molecule has 1 N–H and O–H groups in total. The Morgan fingerprint density at radius 1 is 1.10 bits per heavy atom. The van der Waals surface area contributed by atoms with Gasteiger partial charge >= 0.3 is 0 Å². The molecule has 2 rings (SSSR count). The van der Waals surface area contributed by atoms with Crippen molar-refractivity contribution in [1.82, 2.24) is 5.32 Å². The van der Waals surface area contributed by atoms with Crippen LogP contribution < -0.4 is 5.32 Å². The number of hydrogen-bond acceptors (Lipinski definition) is 1. The van der Waals surface area contributed by atoms with E-state index < -0.39 is 0 Å². The molecule has 1 aromatic rings. The minimum absolute atomic E-state index is 0.685. The highest BCUT2D eigenvalue weighted by atomic mass is 14.9. The molecule has 2 unspecified atom stereocenters. The van der Waals surface area contributed by atoms with Crippen LogP contribution in [0.3, 0.4) is 0 Å². The first-order chi connectivity index (χ1) is 9.86. The second-order valence-electron chi connectivity index (χ2n) is 6.21. The Bertz CT molecular complexity index is 385. The van der Waals surface area contributed by atoms with Crippen molar-refractivity contribution in [3.63, 3.8) is 0 Å². The van der Waals surface area contributed by atoms with E-state index in [2.05, 4.69) is 43.4 Å². The maximum atomic E-state index is 3.76.